The number of carbonyl (C=O) groups is 1. The van der Waals surface area contributed by atoms with Crippen molar-refractivity contribution in [3.05, 3.63) is 16.8 Å². The average molecular weight is 379 g/mol. The number of nitrogens with zero attached hydrogens (tertiary/aromatic N) is 2. The summed E-state index contributed by atoms with van der Waals surface area (Å²) in [6.07, 6.45) is 5.80. The summed E-state index contributed by atoms with van der Waals surface area (Å²) in [7, 11) is 0. The highest BCUT2D eigenvalue weighted by molar-refractivity contribution is 8.00. The van der Waals surface area contributed by atoms with Gasteiger partial charge in [0.2, 0.25) is 0 Å². The van der Waals surface area contributed by atoms with Crippen LogP contribution in [0.15, 0.2) is 11.4 Å². The summed E-state index contributed by atoms with van der Waals surface area (Å²) in [5.74, 6) is 0.952. The molecule has 25 heavy (non-hydrogen) atoms. The number of fused-ring (bicyclic) bond motifs is 3. The van der Waals surface area contributed by atoms with Gasteiger partial charge in [0.1, 0.15) is 21.4 Å². The maximum atomic E-state index is 12.4. The van der Waals surface area contributed by atoms with Crippen molar-refractivity contribution in [1.82, 2.24) is 9.97 Å². The summed E-state index contributed by atoms with van der Waals surface area (Å²) < 4.78 is 5.45. The quantitative estimate of drug-likeness (QED) is 0.407. The SMILES string of the molecule is CC[C@H](Sc1ncnc2sc3c(c12)CC[C@@H](C)C3)C(=O)OCC(C)C. The molecule has 1 aliphatic rings. The van der Waals surface area contributed by atoms with Gasteiger partial charge < -0.3 is 4.74 Å². The van der Waals surface area contributed by atoms with Gasteiger partial charge in [-0.25, -0.2) is 9.97 Å². The molecule has 6 heteroatoms. The molecule has 3 rings (SSSR count). The lowest BCUT2D eigenvalue weighted by molar-refractivity contribution is -0.144. The van der Waals surface area contributed by atoms with Crippen molar-refractivity contribution in [2.45, 2.75) is 63.7 Å². The molecule has 0 spiro atoms. The molecule has 2 atom stereocenters. The van der Waals surface area contributed by atoms with Crippen LogP contribution in [0.4, 0.5) is 0 Å². The van der Waals surface area contributed by atoms with Crippen LogP contribution < -0.4 is 0 Å². The minimum absolute atomic E-state index is 0.134. The molecule has 0 fully saturated rings. The van der Waals surface area contributed by atoms with Gasteiger partial charge in [-0.1, -0.05) is 39.5 Å². The molecule has 136 valence electrons. The maximum Gasteiger partial charge on any atom is 0.319 e. The summed E-state index contributed by atoms with van der Waals surface area (Å²) in [4.78, 5) is 23.9. The fourth-order valence-corrected chi connectivity index (χ4v) is 5.57. The number of thioether (sulfide) groups is 1. The molecule has 0 saturated heterocycles. The zero-order chi connectivity index (χ0) is 18.0. The van der Waals surface area contributed by atoms with Crippen molar-refractivity contribution in [2.24, 2.45) is 11.8 Å². The lowest BCUT2D eigenvalue weighted by Crippen LogP contribution is -2.21. The van der Waals surface area contributed by atoms with Crippen molar-refractivity contribution in [3.8, 4) is 0 Å². The van der Waals surface area contributed by atoms with Gasteiger partial charge in [-0.2, -0.15) is 0 Å². The van der Waals surface area contributed by atoms with E-state index in [1.807, 2.05) is 20.8 Å². The van der Waals surface area contributed by atoms with Crippen molar-refractivity contribution >= 4 is 39.3 Å². The molecule has 0 amide bonds. The number of aromatic nitrogens is 2. The Labute approximate surface area is 157 Å². The van der Waals surface area contributed by atoms with E-state index in [0.29, 0.717) is 12.5 Å². The number of rotatable bonds is 6. The maximum absolute atomic E-state index is 12.4. The molecule has 0 aliphatic heterocycles. The molecule has 0 radical (unpaired) electrons. The number of ether oxygens (including phenoxy) is 1. The van der Waals surface area contributed by atoms with Gasteiger partial charge in [-0.05, 0) is 43.1 Å². The number of carbonyl (C=O) groups excluding carboxylic acids is 1. The minimum atomic E-state index is -0.213. The largest absolute Gasteiger partial charge is 0.465 e. The number of hydrogen-bond donors (Lipinski definition) is 0. The van der Waals surface area contributed by atoms with Gasteiger partial charge in [-0.3, -0.25) is 4.79 Å². The van der Waals surface area contributed by atoms with E-state index in [1.165, 1.54) is 34.0 Å². The van der Waals surface area contributed by atoms with Crippen molar-refractivity contribution in [2.75, 3.05) is 6.61 Å². The minimum Gasteiger partial charge on any atom is -0.465 e. The van der Waals surface area contributed by atoms with Crippen LogP contribution in [0.1, 0.15) is 51.0 Å². The molecule has 2 heterocycles. The summed E-state index contributed by atoms with van der Waals surface area (Å²) >= 11 is 3.33. The Hall–Kier alpha value is -1.14. The molecule has 1 aliphatic carbocycles. The molecular formula is C19H26N2O2S2. The van der Waals surface area contributed by atoms with E-state index in [2.05, 4.69) is 16.9 Å². The lowest BCUT2D eigenvalue weighted by Gasteiger charge is -2.19. The number of aryl methyl sites for hydroxylation is 1. The van der Waals surface area contributed by atoms with Crippen LogP contribution in [0, 0.1) is 11.8 Å². The predicted octanol–water partition coefficient (Wildman–Crippen LogP) is 4.89. The third kappa shape index (κ3) is 4.17. The van der Waals surface area contributed by atoms with Crippen LogP contribution in [0.2, 0.25) is 0 Å². The first kappa shape index (κ1) is 18.6. The zero-order valence-corrected chi connectivity index (χ0v) is 17.0. The summed E-state index contributed by atoms with van der Waals surface area (Å²) in [6.45, 7) is 8.91. The second-order valence-corrected chi connectivity index (χ2v) is 9.52. The predicted molar refractivity (Wildman–Crippen MR) is 104 cm³/mol. The number of hydrogen-bond acceptors (Lipinski definition) is 6. The molecule has 4 nitrogen and oxygen atoms in total. The molecule has 2 aromatic rings. The van der Waals surface area contributed by atoms with E-state index < -0.39 is 0 Å². The summed E-state index contributed by atoms with van der Waals surface area (Å²) in [6, 6.07) is 0. The zero-order valence-electron chi connectivity index (χ0n) is 15.4. The van der Waals surface area contributed by atoms with Crippen LogP contribution >= 0.6 is 23.1 Å². The molecular weight excluding hydrogens is 352 g/mol. The van der Waals surface area contributed by atoms with Crippen LogP contribution in [0.25, 0.3) is 10.2 Å². The second kappa shape index (κ2) is 8.04. The second-order valence-electron chi connectivity index (χ2n) is 7.25. The first-order valence-corrected chi connectivity index (χ1v) is 10.8. The average Bonchev–Trinajstić information content (AvgIpc) is 2.95. The van der Waals surface area contributed by atoms with Crippen LogP contribution in [-0.4, -0.2) is 27.8 Å². The van der Waals surface area contributed by atoms with Crippen molar-refractivity contribution < 1.29 is 9.53 Å². The van der Waals surface area contributed by atoms with E-state index in [9.17, 15) is 4.79 Å². The van der Waals surface area contributed by atoms with Crippen LogP contribution in [-0.2, 0) is 22.4 Å². The third-order valence-electron chi connectivity index (χ3n) is 4.50. The first-order valence-electron chi connectivity index (χ1n) is 9.08. The fourth-order valence-electron chi connectivity index (χ4n) is 3.11. The molecule has 0 unspecified atom stereocenters. The first-order chi connectivity index (χ1) is 12.0. The third-order valence-corrected chi connectivity index (χ3v) is 7.01. The van der Waals surface area contributed by atoms with E-state index in [0.717, 1.165) is 35.0 Å². The van der Waals surface area contributed by atoms with Gasteiger partial charge in [0.25, 0.3) is 0 Å². The Balaban J connectivity index is 1.86. The molecule has 2 aromatic heterocycles. The Kier molecular flexibility index (Phi) is 6.00. The number of esters is 1. The Morgan fingerprint density at radius 2 is 2.24 bits per heavy atom. The van der Waals surface area contributed by atoms with Crippen molar-refractivity contribution in [1.29, 1.82) is 0 Å². The lowest BCUT2D eigenvalue weighted by atomic mass is 9.89. The molecule has 0 bridgehead atoms. The van der Waals surface area contributed by atoms with E-state index >= 15 is 0 Å². The van der Waals surface area contributed by atoms with Crippen LogP contribution in [0.3, 0.4) is 0 Å². The highest BCUT2D eigenvalue weighted by atomic mass is 32.2. The molecule has 0 N–H and O–H groups in total. The normalized spacial score (nSPS) is 18.4. The van der Waals surface area contributed by atoms with E-state index in [-0.39, 0.29) is 11.2 Å². The van der Waals surface area contributed by atoms with Crippen LogP contribution in [0.5, 0.6) is 0 Å². The Morgan fingerprint density at radius 3 is 2.96 bits per heavy atom. The van der Waals surface area contributed by atoms with E-state index in [1.54, 1.807) is 17.7 Å². The van der Waals surface area contributed by atoms with Gasteiger partial charge in [0.15, 0.2) is 0 Å². The number of thiophene rings is 1. The van der Waals surface area contributed by atoms with Gasteiger partial charge in [0, 0.05) is 10.3 Å². The topological polar surface area (TPSA) is 52.1 Å². The fraction of sp³-hybridized carbons (Fsp3) is 0.632. The summed E-state index contributed by atoms with van der Waals surface area (Å²) in [5, 5.41) is 1.90. The molecule has 0 aromatic carbocycles. The Bertz CT molecular complexity index is 757. The Morgan fingerprint density at radius 1 is 1.44 bits per heavy atom. The smallest absolute Gasteiger partial charge is 0.319 e. The van der Waals surface area contributed by atoms with Crippen molar-refractivity contribution in [3.63, 3.8) is 0 Å². The van der Waals surface area contributed by atoms with Gasteiger partial charge in [0.05, 0.1) is 6.61 Å². The highest BCUT2D eigenvalue weighted by Gasteiger charge is 2.26. The van der Waals surface area contributed by atoms with E-state index in [4.69, 9.17) is 4.74 Å². The van der Waals surface area contributed by atoms with Gasteiger partial charge >= 0.3 is 5.97 Å². The monoisotopic (exact) mass is 378 g/mol. The standard InChI is InChI=1S/C19H26N2O2S2/c1-5-14(19(22)23-9-11(2)3)24-17-16-13-7-6-12(4)8-15(13)25-18(16)21-10-20-17/h10-12,14H,5-9H2,1-4H3/t12-,14+/m1/s1. The highest BCUT2D eigenvalue weighted by Crippen LogP contribution is 2.41. The summed E-state index contributed by atoms with van der Waals surface area (Å²) in [5.41, 5.74) is 1.41. The molecule has 0 saturated carbocycles. The van der Waals surface area contributed by atoms with Gasteiger partial charge in [-0.15, -0.1) is 11.3 Å².